The van der Waals surface area contributed by atoms with Gasteiger partial charge in [0, 0.05) is 0 Å². The van der Waals surface area contributed by atoms with E-state index in [9.17, 15) is 4.79 Å². The van der Waals surface area contributed by atoms with Crippen LogP contribution in [0.3, 0.4) is 0 Å². The summed E-state index contributed by atoms with van der Waals surface area (Å²) in [6.45, 7) is 0.209. The lowest BCUT2D eigenvalue weighted by Gasteiger charge is -2.17. The molecule has 0 bridgehead atoms. The van der Waals surface area contributed by atoms with E-state index in [4.69, 9.17) is 10.3 Å². The number of aromatic nitrogens is 4. The van der Waals surface area contributed by atoms with Crippen molar-refractivity contribution in [1.82, 2.24) is 19.7 Å². The average molecular weight is 354 g/mol. The van der Waals surface area contributed by atoms with Gasteiger partial charge < -0.3 is 10.3 Å². The number of nitrogens with zero attached hydrogens (tertiary/aromatic N) is 4. The number of fused-ring (bicyclic) bond motifs is 1. The Morgan fingerprint density at radius 1 is 1.39 bits per heavy atom. The molecule has 0 saturated heterocycles. The summed E-state index contributed by atoms with van der Waals surface area (Å²) in [6, 6.07) is 1.78. The lowest BCUT2D eigenvalue weighted by atomic mass is 9.99. The molecule has 0 amide bonds. The number of rotatable bonds is 3. The summed E-state index contributed by atoms with van der Waals surface area (Å²) in [5, 5.41) is 6.47. The molecule has 9 heteroatoms. The quantitative estimate of drug-likeness (QED) is 0.773. The van der Waals surface area contributed by atoms with Gasteiger partial charge in [0.25, 0.3) is 5.56 Å². The zero-order valence-corrected chi connectivity index (χ0v) is 13.9. The van der Waals surface area contributed by atoms with Crippen molar-refractivity contribution < 1.29 is 4.52 Å². The highest BCUT2D eigenvalue weighted by molar-refractivity contribution is 7.16. The van der Waals surface area contributed by atoms with Gasteiger partial charge in [-0.15, -0.1) is 23.7 Å². The van der Waals surface area contributed by atoms with Crippen LogP contribution in [-0.4, -0.2) is 19.7 Å². The Hall–Kier alpha value is -1.77. The minimum atomic E-state index is -0.484. The highest BCUT2D eigenvalue weighted by Crippen LogP contribution is 2.34. The fourth-order valence-electron chi connectivity index (χ4n) is 2.90. The molecule has 0 aliphatic heterocycles. The average Bonchev–Trinajstić information content (AvgIpc) is 3.22. The predicted octanol–water partition coefficient (Wildman–Crippen LogP) is 2.04. The Balaban J connectivity index is 0.00000156. The highest BCUT2D eigenvalue weighted by Gasteiger charge is 2.35. The predicted molar refractivity (Wildman–Crippen MR) is 88.9 cm³/mol. The van der Waals surface area contributed by atoms with E-state index in [0.29, 0.717) is 17.1 Å². The van der Waals surface area contributed by atoms with E-state index < -0.39 is 5.54 Å². The van der Waals surface area contributed by atoms with Crippen LogP contribution in [-0.2, 0) is 12.1 Å². The van der Waals surface area contributed by atoms with Gasteiger partial charge in [0.05, 0.1) is 17.3 Å². The molecule has 0 unspecified atom stereocenters. The van der Waals surface area contributed by atoms with Gasteiger partial charge in [-0.05, 0) is 24.3 Å². The van der Waals surface area contributed by atoms with Crippen molar-refractivity contribution in [2.45, 2.75) is 37.8 Å². The standard InChI is InChI=1S/C14H15N5O2S.ClH/c15-14(4-1-2-5-14)13-17-10(21-18-13)7-19-8-16-11-9(12(19)20)3-6-22-11;/h3,6,8H,1-2,4-5,7,15H2;1H. The molecular weight excluding hydrogens is 338 g/mol. The minimum absolute atomic E-state index is 0. The normalized spacial score (nSPS) is 16.6. The van der Waals surface area contributed by atoms with Crippen LogP contribution in [0.25, 0.3) is 10.2 Å². The van der Waals surface area contributed by atoms with E-state index in [2.05, 4.69) is 15.1 Å². The zero-order valence-electron chi connectivity index (χ0n) is 12.3. The molecule has 0 aromatic carbocycles. The summed E-state index contributed by atoms with van der Waals surface area (Å²) in [4.78, 5) is 21.7. The largest absolute Gasteiger partial charge is 0.337 e. The summed E-state index contributed by atoms with van der Waals surface area (Å²) >= 11 is 1.44. The van der Waals surface area contributed by atoms with Crippen molar-refractivity contribution in [2.24, 2.45) is 5.73 Å². The third kappa shape index (κ3) is 2.77. The second kappa shape index (κ2) is 6.03. The minimum Gasteiger partial charge on any atom is -0.337 e. The van der Waals surface area contributed by atoms with Gasteiger partial charge in [-0.25, -0.2) is 4.98 Å². The van der Waals surface area contributed by atoms with Crippen molar-refractivity contribution in [3.63, 3.8) is 0 Å². The molecule has 0 radical (unpaired) electrons. The summed E-state index contributed by atoms with van der Waals surface area (Å²) in [5.41, 5.74) is 5.73. The summed E-state index contributed by atoms with van der Waals surface area (Å²) in [5.74, 6) is 0.919. The van der Waals surface area contributed by atoms with Gasteiger partial charge in [-0.3, -0.25) is 9.36 Å². The maximum Gasteiger partial charge on any atom is 0.262 e. The maximum absolute atomic E-state index is 12.3. The Morgan fingerprint density at radius 2 is 2.17 bits per heavy atom. The van der Waals surface area contributed by atoms with Crippen molar-refractivity contribution in [3.8, 4) is 0 Å². The Morgan fingerprint density at radius 3 is 2.96 bits per heavy atom. The van der Waals surface area contributed by atoms with Gasteiger partial charge in [0.15, 0.2) is 5.82 Å². The van der Waals surface area contributed by atoms with E-state index in [1.165, 1.54) is 22.2 Å². The second-order valence-corrected chi connectivity index (χ2v) is 6.59. The zero-order chi connectivity index (χ0) is 15.2. The molecule has 1 aliphatic rings. The van der Waals surface area contributed by atoms with Crippen LogP contribution in [0.2, 0.25) is 0 Å². The van der Waals surface area contributed by atoms with Gasteiger partial charge in [-0.2, -0.15) is 4.98 Å². The maximum atomic E-state index is 12.3. The molecule has 3 aromatic rings. The van der Waals surface area contributed by atoms with E-state index >= 15 is 0 Å². The molecule has 3 aromatic heterocycles. The van der Waals surface area contributed by atoms with Crippen molar-refractivity contribution in [3.05, 3.63) is 39.8 Å². The molecule has 0 spiro atoms. The molecule has 2 N–H and O–H groups in total. The number of halogens is 1. The van der Waals surface area contributed by atoms with Crippen LogP contribution in [0, 0.1) is 0 Å². The molecule has 1 aliphatic carbocycles. The monoisotopic (exact) mass is 353 g/mol. The van der Waals surface area contributed by atoms with Crippen LogP contribution >= 0.6 is 23.7 Å². The molecule has 1 fully saturated rings. The second-order valence-electron chi connectivity index (χ2n) is 5.69. The van der Waals surface area contributed by atoms with Gasteiger partial charge in [0.1, 0.15) is 11.4 Å². The SMILES string of the molecule is Cl.NC1(c2noc(Cn3cnc4sccc4c3=O)n2)CCCC1. The first-order valence-corrected chi connectivity index (χ1v) is 8.08. The van der Waals surface area contributed by atoms with Crippen LogP contribution < -0.4 is 11.3 Å². The molecule has 122 valence electrons. The first kappa shape index (κ1) is 16.1. The number of thiophene rings is 1. The molecule has 1 saturated carbocycles. The lowest BCUT2D eigenvalue weighted by Crippen LogP contribution is -2.34. The van der Waals surface area contributed by atoms with Gasteiger partial charge in [0.2, 0.25) is 5.89 Å². The van der Waals surface area contributed by atoms with Gasteiger partial charge >= 0.3 is 0 Å². The van der Waals surface area contributed by atoms with Crippen LogP contribution in [0.5, 0.6) is 0 Å². The Kier molecular flexibility index (Phi) is 4.22. The topological polar surface area (TPSA) is 99.8 Å². The van der Waals surface area contributed by atoms with E-state index in [0.717, 1.165) is 30.5 Å². The van der Waals surface area contributed by atoms with Crippen LogP contribution in [0.15, 0.2) is 27.1 Å². The highest BCUT2D eigenvalue weighted by atomic mass is 35.5. The molecule has 4 rings (SSSR count). The third-order valence-corrected chi connectivity index (χ3v) is 4.99. The molecule has 0 atom stereocenters. The molecular formula is C14H16ClN5O2S. The van der Waals surface area contributed by atoms with E-state index in [1.54, 1.807) is 6.07 Å². The summed E-state index contributed by atoms with van der Waals surface area (Å²) < 4.78 is 6.75. The van der Waals surface area contributed by atoms with Crippen LogP contribution in [0.4, 0.5) is 0 Å². The van der Waals surface area contributed by atoms with Crippen molar-refractivity contribution in [1.29, 1.82) is 0 Å². The fraction of sp³-hybridized carbons (Fsp3) is 0.429. The summed E-state index contributed by atoms with van der Waals surface area (Å²) in [7, 11) is 0. The van der Waals surface area contributed by atoms with Crippen molar-refractivity contribution >= 4 is 34.0 Å². The summed E-state index contributed by atoms with van der Waals surface area (Å²) in [6.07, 6.45) is 5.42. The number of nitrogens with two attached hydrogens (primary N) is 1. The first-order valence-electron chi connectivity index (χ1n) is 7.20. The first-order chi connectivity index (χ1) is 10.7. The number of hydrogen-bond donors (Lipinski definition) is 1. The molecule has 23 heavy (non-hydrogen) atoms. The lowest BCUT2D eigenvalue weighted by molar-refractivity contribution is 0.343. The van der Waals surface area contributed by atoms with Crippen LogP contribution in [0.1, 0.15) is 37.4 Å². The van der Waals surface area contributed by atoms with E-state index in [1.807, 2.05) is 5.38 Å². The van der Waals surface area contributed by atoms with Crippen molar-refractivity contribution in [2.75, 3.05) is 0 Å². The molecule has 3 heterocycles. The number of hydrogen-bond acceptors (Lipinski definition) is 7. The third-order valence-electron chi connectivity index (χ3n) is 4.17. The van der Waals surface area contributed by atoms with Gasteiger partial charge in [-0.1, -0.05) is 18.0 Å². The Labute approximate surface area is 141 Å². The fourth-order valence-corrected chi connectivity index (χ4v) is 3.63. The smallest absolute Gasteiger partial charge is 0.262 e. The van der Waals surface area contributed by atoms with E-state index in [-0.39, 0.29) is 24.5 Å². The Bertz CT molecular complexity index is 881. The molecule has 7 nitrogen and oxygen atoms in total.